The molecule has 0 spiro atoms. The van der Waals surface area contributed by atoms with Gasteiger partial charge in [0.25, 0.3) is 5.91 Å². The minimum Gasteiger partial charge on any atom is -0.379 e. The number of hydrogen-bond acceptors (Lipinski definition) is 3. The van der Waals surface area contributed by atoms with E-state index in [4.69, 9.17) is 16.3 Å². The number of pyridine rings is 1. The third kappa shape index (κ3) is 4.54. The summed E-state index contributed by atoms with van der Waals surface area (Å²) >= 11 is 5.97. The number of aromatic amines is 1. The Morgan fingerprint density at radius 3 is 2.73 bits per heavy atom. The van der Waals surface area contributed by atoms with Gasteiger partial charge in [-0.1, -0.05) is 30.7 Å². The molecule has 6 heteroatoms. The molecular weight excluding hydrogens is 352 g/mol. The van der Waals surface area contributed by atoms with Crippen molar-refractivity contribution in [2.24, 2.45) is 0 Å². The van der Waals surface area contributed by atoms with Crippen molar-refractivity contribution in [1.82, 2.24) is 10.3 Å². The van der Waals surface area contributed by atoms with Gasteiger partial charge in [-0.15, -0.1) is 0 Å². The summed E-state index contributed by atoms with van der Waals surface area (Å²) in [5.41, 5.74) is 1.46. The molecule has 1 amide bonds. The Morgan fingerprint density at radius 2 is 2.08 bits per heavy atom. The second-order valence-electron chi connectivity index (χ2n) is 6.81. The van der Waals surface area contributed by atoms with Gasteiger partial charge in [-0.25, -0.2) is 0 Å². The molecular formula is C20H23ClN2O3. The molecule has 2 N–H and O–H groups in total. The Kier molecular flexibility index (Phi) is 5.79. The third-order valence-electron chi connectivity index (χ3n) is 4.70. The number of aryl methyl sites for hydroxylation is 1. The lowest BCUT2D eigenvalue weighted by Gasteiger charge is -2.38. The zero-order chi connectivity index (χ0) is 18.6. The van der Waals surface area contributed by atoms with Crippen molar-refractivity contribution >= 4 is 17.5 Å². The van der Waals surface area contributed by atoms with Crippen LogP contribution in [0.4, 0.5) is 0 Å². The van der Waals surface area contributed by atoms with Crippen LogP contribution in [0.1, 0.15) is 41.4 Å². The first kappa shape index (κ1) is 18.7. The molecule has 0 aliphatic carbocycles. The van der Waals surface area contributed by atoms with Gasteiger partial charge in [0, 0.05) is 29.0 Å². The Bertz CT molecular complexity index is 824. The normalized spacial score (nSPS) is 19.9. The number of H-pyrrole nitrogens is 1. The fourth-order valence-corrected chi connectivity index (χ4v) is 3.49. The van der Waals surface area contributed by atoms with Crippen molar-refractivity contribution in [2.45, 2.75) is 38.1 Å². The molecule has 1 aliphatic heterocycles. The highest BCUT2D eigenvalue weighted by molar-refractivity contribution is 6.30. The molecule has 0 radical (unpaired) electrons. The topological polar surface area (TPSA) is 71.2 Å². The van der Waals surface area contributed by atoms with Crippen molar-refractivity contribution in [2.75, 3.05) is 13.2 Å². The van der Waals surface area contributed by atoms with Crippen LogP contribution in [-0.4, -0.2) is 29.6 Å². The number of aromatic nitrogens is 1. The lowest BCUT2D eigenvalue weighted by atomic mass is 9.85. The van der Waals surface area contributed by atoms with Crippen molar-refractivity contribution < 1.29 is 9.53 Å². The van der Waals surface area contributed by atoms with Crippen molar-refractivity contribution in [3.63, 3.8) is 0 Å². The van der Waals surface area contributed by atoms with E-state index in [0.717, 1.165) is 24.1 Å². The highest BCUT2D eigenvalue weighted by Gasteiger charge is 2.35. The molecule has 1 aliphatic rings. The predicted octanol–water partition coefficient (Wildman–Crippen LogP) is 3.11. The molecule has 1 unspecified atom stereocenters. The molecule has 3 rings (SSSR count). The van der Waals surface area contributed by atoms with E-state index in [0.29, 0.717) is 36.6 Å². The van der Waals surface area contributed by atoms with Gasteiger partial charge in [0.1, 0.15) is 0 Å². The number of amides is 1. The standard InChI is InChI=1S/C20H23ClN2O3/c1-2-17-10-15(11-18(24)22-17)19(25)23-20(8-3-9-26-13-20)12-14-4-6-16(21)7-5-14/h4-7,10-11H,2-3,8-9,12-13H2,1H3,(H,22,24)(H,23,25). The Morgan fingerprint density at radius 1 is 1.31 bits per heavy atom. The Hall–Kier alpha value is -2.11. The average molecular weight is 375 g/mol. The van der Waals surface area contributed by atoms with Gasteiger partial charge in [0.2, 0.25) is 5.56 Å². The largest absolute Gasteiger partial charge is 0.379 e. The number of halogens is 1. The van der Waals surface area contributed by atoms with Gasteiger partial charge in [-0.05, 0) is 49.4 Å². The van der Waals surface area contributed by atoms with Crippen LogP contribution >= 0.6 is 11.6 Å². The monoisotopic (exact) mass is 374 g/mol. The summed E-state index contributed by atoms with van der Waals surface area (Å²) in [4.78, 5) is 27.4. The minimum absolute atomic E-state index is 0.245. The van der Waals surface area contributed by atoms with Crippen LogP contribution in [0.5, 0.6) is 0 Å². The van der Waals surface area contributed by atoms with Crippen LogP contribution in [0.15, 0.2) is 41.2 Å². The van der Waals surface area contributed by atoms with Gasteiger partial charge in [-0.3, -0.25) is 9.59 Å². The number of carbonyl (C=O) groups is 1. The summed E-state index contributed by atoms with van der Waals surface area (Å²) in [6.07, 6.45) is 3.02. The molecule has 1 fully saturated rings. The number of nitrogens with one attached hydrogen (secondary N) is 2. The lowest BCUT2D eigenvalue weighted by Crippen LogP contribution is -2.55. The molecule has 26 heavy (non-hydrogen) atoms. The van der Waals surface area contributed by atoms with Crippen LogP contribution in [0.3, 0.4) is 0 Å². The van der Waals surface area contributed by atoms with Crippen LogP contribution in [-0.2, 0) is 17.6 Å². The van der Waals surface area contributed by atoms with Gasteiger partial charge < -0.3 is 15.0 Å². The van der Waals surface area contributed by atoms with Gasteiger partial charge in [0.05, 0.1) is 12.1 Å². The highest BCUT2D eigenvalue weighted by Crippen LogP contribution is 2.25. The smallest absolute Gasteiger partial charge is 0.252 e. The van der Waals surface area contributed by atoms with Gasteiger partial charge in [0.15, 0.2) is 0 Å². The zero-order valence-electron chi connectivity index (χ0n) is 14.8. The van der Waals surface area contributed by atoms with E-state index in [-0.39, 0.29) is 11.5 Å². The van der Waals surface area contributed by atoms with Gasteiger partial charge >= 0.3 is 0 Å². The van der Waals surface area contributed by atoms with Crippen LogP contribution < -0.4 is 10.9 Å². The second kappa shape index (κ2) is 8.06. The minimum atomic E-state index is -0.488. The number of hydrogen-bond donors (Lipinski definition) is 2. The maximum atomic E-state index is 12.8. The number of ether oxygens (including phenoxy) is 1. The first-order chi connectivity index (χ1) is 12.5. The predicted molar refractivity (Wildman–Crippen MR) is 102 cm³/mol. The van der Waals surface area contributed by atoms with Crippen molar-refractivity contribution in [1.29, 1.82) is 0 Å². The first-order valence-electron chi connectivity index (χ1n) is 8.88. The number of benzene rings is 1. The summed E-state index contributed by atoms with van der Waals surface area (Å²) in [6.45, 7) is 3.08. The molecule has 1 saturated heterocycles. The lowest BCUT2D eigenvalue weighted by molar-refractivity contribution is 0.0197. The van der Waals surface area contributed by atoms with Crippen molar-refractivity contribution in [3.8, 4) is 0 Å². The SMILES string of the molecule is CCc1cc(C(=O)NC2(Cc3ccc(Cl)cc3)CCCOC2)cc(=O)[nH]1. The van der Waals surface area contributed by atoms with E-state index in [2.05, 4.69) is 10.3 Å². The van der Waals surface area contributed by atoms with E-state index in [9.17, 15) is 9.59 Å². The molecule has 0 bridgehead atoms. The van der Waals surface area contributed by atoms with E-state index in [1.807, 2.05) is 31.2 Å². The average Bonchev–Trinajstić information content (AvgIpc) is 2.63. The maximum absolute atomic E-state index is 12.8. The molecule has 2 aromatic rings. The summed E-state index contributed by atoms with van der Waals surface area (Å²) in [5, 5.41) is 3.82. The quantitative estimate of drug-likeness (QED) is 0.844. The van der Waals surface area contributed by atoms with Crippen LogP contribution in [0, 0.1) is 0 Å². The second-order valence-corrected chi connectivity index (χ2v) is 7.24. The van der Waals surface area contributed by atoms with Crippen LogP contribution in [0.25, 0.3) is 0 Å². The summed E-state index contributed by atoms with van der Waals surface area (Å²) in [7, 11) is 0. The molecule has 5 nitrogen and oxygen atoms in total. The summed E-state index contributed by atoms with van der Waals surface area (Å²) < 4.78 is 5.68. The fourth-order valence-electron chi connectivity index (χ4n) is 3.36. The Balaban J connectivity index is 1.83. The maximum Gasteiger partial charge on any atom is 0.252 e. The Labute approximate surface area is 157 Å². The third-order valence-corrected chi connectivity index (χ3v) is 4.95. The van der Waals surface area contributed by atoms with Crippen LogP contribution in [0.2, 0.25) is 5.02 Å². The summed E-state index contributed by atoms with van der Waals surface area (Å²) in [6, 6.07) is 10.7. The molecule has 1 aromatic carbocycles. The first-order valence-corrected chi connectivity index (χ1v) is 9.25. The number of carbonyl (C=O) groups excluding carboxylic acids is 1. The van der Waals surface area contributed by atoms with E-state index in [1.54, 1.807) is 6.07 Å². The van der Waals surface area contributed by atoms with Crippen molar-refractivity contribution in [3.05, 3.63) is 68.6 Å². The fraction of sp³-hybridized carbons (Fsp3) is 0.400. The van der Waals surface area contributed by atoms with Gasteiger partial charge in [-0.2, -0.15) is 0 Å². The molecule has 1 atom stereocenters. The van der Waals surface area contributed by atoms with E-state index >= 15 is 0 Å². The zero-order valence-corrected chi connectivity index (χ0v) is 15.6. The van der Waals surface area contributed by atoms with E-state index in [1.165, 1.54) is 6.07 Å². The molecule has 0 saturated carbocycles. The molecule has 138 valence electrons. The summed E-state index contributed by atoms with van der Waals surface area (Å²) in [5.74, 6) is -0.245. The highest BCUT2D eigenvalue weighted by atomic mass is 35.5. The molecule has 2 heterocycles. The molecule has 1 aromatic heterocycles. The van der Waals surface area contributed by atoms with E-state index < -0.39 is 5.54 Å². The number of rotatable bonds is 5.